The van der Waals surface area contributed by atoms with Crippen molar-refractivity contribution in [3.63, 3.8) is 0 Å². The second kappa shape index (κ2) is 5.61. The maximum absolute atomic E-state index is 12.0. The Balaban J connectivity index is 2.21. The molecule has 0 spiro atoms. The van der Waals surface area contributed by atoms with Crippen LogP contribution in [0.3, 0.4) is 0 Å². The molecule has 1 heterocycles. The monoisotopic (exact) mass is 272 g/mol. The average Bonchev–Trinajstić information content (AvgIpc) is 2.67. The number of aryl methyl sites for hydroxylation is 1. The van der Waals surface area contributed by atoms with Gasteiger partial charge in [-0.05, 0) is 18.6 Å². The molecule has 0 bridgehead atoms. The van der Waals surface area contributed by atoms with E-state index in [1.165, 1.54) is 0 Å². The van der Waals surface area contributed by atoms with E-state index in [-0.39, 0.29) is 6.54 Å². The lowest BCUT2D eigenvalue weighted by Crippen LogP contribution is -2.18. The number of fused-ring (bicyclic) bond motifs is 1. The summed E-state index contributed by atoms with van der Waals surface area (Å²) < 4.78 is 41.6. The van der Waals surface area contributed by atoms with E-state index in [1.54, 1.807) is 4.57 Å². The fourth-order valence-electron chi connectivity index (χ4n) is 2.04. The van der Waals surface area contributed by atoms with Crippen LogP contribution in [0.15, 0.2) is 24.3 Å². The lowest BCUT2D eigenvalue weighted by atomic mass is 10.3. The van der Waals surface area contributed by atoms with Crippen LogP contribution in [0.4, 0.5) is 13.2 Å². The van der Waals surface area contributed by atoms with Crippen LogP contribution in [0.5, 0.6) is 0 Å². The normalized spacial score (nSPS) is 12.2. The van der Waals surface area contributed by atoms with Crippen molar-refractivity contribution in [2.45, 2.75) is 32.7 Å². The second-order valence-electron chi connectivity index (χ2n) is 4.21. The first-order chi connectivity index (χ1) is 9.01. The summed E-state index contributed by atoms with van der Waals surface area (Å²) >= 11 is 0. The highest BCUT2D eigenvalue weighted by atomic mass is 19.4. The Hall–Kier alpha value is -1.56. The Bertz CT molecular complexity index is 548. The quantitative estimate of drug-likeness (QED) is 0.832. The smallest absolute Gasteiger partial charge is 0.326 e. The molecule has 0 radical (unpaired) electrons. The van der Waals surface area contributed by atoms with Gasteiger partial charge in [0.15, 0.2) is 0 Å². The third-order valence-electron chi connectivity index (χ3n) is 2.79. The molecular weight excluding hydrogens is 257 g/mol. The predicted octanol–water partition coefficient (Wildman–Crippen LogP) is 3.53. The van der Waals surface area contributed by atoms with Crippen LogP contribution in [0, 0.1) is 0 Å². The maximum atomic E-state index is 12.0. The highest BCUT2D eigenvalue weighted by Gasteiger charge is 2.28. The van der Waals surface area contributed by atoms with Crippen molar-refractivity contribution in [1.82, 2.24) is 9.55 Å². The number of nitrogens with zero attached hydrogens (tertiary/aromatic N) is 2. The number of ether oxygens (including phenoxy) is 1. The van der Waals surface area contributed by atoms with Gasteiger partial charge in [0.2, 0.25) is 0 Å². The van der Waals surface area contributed by atoms with Crippen LogP contribution in [0.1, 0.15) is 19.2 Å². The van der Waals surface area contributed by atoms with Crippen LogP contribution in [0.25, 0.3) is 11.0 Å². The van der Waals surface area contributed by atoms with E-state index in [9.17, 15) is 13.2 Å². The van der Waals surface area contributed by atoms with Crippen molar-refractivity contribution in [3.8, 4) is 0 Å². The molecule has 0 aliphatic rings. The van der Waals surface area contributed by atoms with Crippen molar-refractivity contribution >= 4 is 11.0 Å². The molecule has 0 saturated heterocycles. The molecule has 2 aromatic rings. The Morgan fingerprint density at radius 1 is 1.26 bits per heavy atom. The third kappa shape index (κ3) is 3.47. The molecule has 1 aromatic carbocycles. The number of para-hydroxylation sites is 2. The van der Waals surface area contributed by atoms with Crippen LogP contribution in [0.2, 0.25) is 0 Å². The summed E-state index contributed by atoms with van der Waals surface area (Å²) in [6, 6.07) is 7.42. The van der Waals surface area contributed by atoms with E-state index < -0.39 is 13.0 Å². The molecule has 0 N–H and O–H groups in total. The molecule has 0 aliphatic carbocycles. The van der Waals surface area contributed by atoms with Gasteiger partial charge in [-0.2, -0.15) is 0 Å². The zero-order valence-corrected chi connectivity index (χ0v) is 10.6. The molecule has 3 nitrogen and oxygen atoms in total. The highest BCUT2D eigenvalue weighted by Crippen LogP contribution is 2.19. The highest BCUT2D eigenvalue weighted by molar-refractivity contribution is 5.75. The van der Waals surface area contributed by atoms with E-state index in [1.807, 2.05) is 31.2 Å². The Morgan fingerprint density at radius 2 is 2.00 bits per heavy atom. The topological polar surface area (TPSA) is 27.1 Å². The van der Waals surface area contributed by atoms with Gasteiger partial charge in [0, 0.05) is 13.0 Å². The minimum absolute atomic E-state index is 0.148. The lowest BCUT2D eigenvalue weighted by Gasteiger charge is -2.10. The first kappa shape index (κ1) is 13.9. The number of hydrogen-bond donors (Lipinski definition) is 0. The Morgan fingerprint density at radius 3 is 2.68 bits per heavy atom. The molecule has 104 valence electrons. The van der Waals surface area contributed by atoms with Gasteiger partial charge < -0.3 is 4.57 Å². The van der Waals surface area contributed by atoms with Crippen molar-refractivity contribution in [2.24, 2.45) is 0 Å². The number of imidazole rings is 1. The minimum atomic E-state index is -4.58. The lowest BCUT2D eigenvalue weighted by molar-refractivity contribution is -0.325. The van der Waals surface area contributed by atoms with Gasteiger partial charge in [0.1, 0.15) is 5.82 Å². The van der Waals surface area contributed by atoms with Gasteiger partial charge in [0.05, 0.1) is 17.6 Å². The molecular formula is C13H15F3N2O. The molecule has 2 rings (SSSR count). The van der Waals surface area contributed by atoms with Crippen molar-refractivity contribution in [2.75, 3.05) is 6.61 Å². The summed E-state index contributed by atoms with van der Waals surface area (Å²) in [5.74, 6) is 0.800. The SMILES string of the molecule is CCCc1nc2ccccc2n1CCOC(F)(F)F. The number of halogens is 3. The standard InChI is InChI=1S/C13H15F3N2O/c1-2-5-12-17-10-6-3-4-7-11(10)18(12)8-9-19-13(14,15)16/h3-4,6-7H,2,5,8-9H2,1H3. The van der Waals surface area contributed by atoms with E-state index in [4.69, 9.17) is 0 Å². The third-order valence-corrected chi connectivity index (χ3v) is 2.79. The molecule has 0 fully saturated rings. The van der Waals surface area contributed by atoms with Crippen molar-refractivity contribution in [1.29, 1.82) is 0 Å². The van der Waals surface area contributed by atoms with Crippen molar-refractivity contribution < 1.29 is 17.9 Å². The number of hydrogen-bond acceptors (Lipinski definition) is 2. The van der Waals surface area contributed by atoms with E-state index in [2.05, 4.69) is 9.72 Å². The summed E-state index contributed by atoms with van der Waals surface area (Å²) in [5, 5.41) is 0. The van der Waals surface area contributed by atoms with Crippen LogP contribution in [-0.2, 0) is 17.7 Å². The summed E-state index contributed by atoms with van der Waals surface area (Å²) in [7, 11) is 0. The molecule has 0 aliphatic heterocycles. The van der Waals surface area contributed by atoms with Gasteiger partial charge in [-0.15, -0.1) is 13.2 Å². The summed E-state index contributed by atoms with van der Waals surface area (Å²) in [6.45, 7) is 1.76. The first-order valence-corrected chi connectivity index (χ1v) is 6.16. The Labute approximate surface area is 109 Å². The fraction of sp³-hybridized carbons (Fsp3) is 0.462. The second-order valence-corrected chi connectivity index (χ2v) is 4.21. The zero-order valence-electron chi connectivity index (χ0n) is 10.6. The number of alkyl halides is 3. The van der Waals surface area contributed by atoms with E-state index in [0.29, 0.717) is 0 Å². The van der Waals surface area contributed by atoms with E-state index in [0.717, 1.165) is 29.7 Å². The first-order valence-electron chi connectivity index (χ1n) is 6.16. The maximum Gasteiger partial charge on any atom is 0.522 e. The van der Waals surface area contributed by atoms with Crippen LogP contribution in [-0.4, -0.2) is 22.5 Å². The van der Waals surface area contributed by atoms with Gasteiger partial charge in [0.25, 0.3) is 0 Å². The van der Waals surface area contributed by atoms with E-state index >= 15 is 0 Å². The van der Waals surface area contributed by atoms with Gasteiger partial charge in [-0.3, -0.25) is 4.74 Å². The van der Waals surface area contributed by atoms with Gasteiger partial charge >= 0.3 is 6.36 Å². The summed E-state index contributed by atoms with van der Waals surface area (Å²) in [5.41, 5.74) is 1.65. The molecule has 0 atom stereocenters. The van der Waals surface area contributed by atoms with Crippen LogP contribution < -0.4 is 0 Å². The molecule has 0 unspecified atom stereocenters. The zero-order chi connectivity index (χ0) is 13.9. The fourth-order valence-corrected chi connectivity index (χ4v) is 2.04. The predicted molar refractivity (Wildman–Crippen MR) is 65.7 cm³/mol. The summed E-state index contributed by atoms with van der Waals surface area (Å²) in [4.78, 5) is 4.44. The summed E-state index contributed by atoms with van der Waals surface area (Å²) in [6.07, 6.45) is -2.95. The molecule has 1 aromatic heterocycles. The van der Waals surface area contributed by atoms with Crippen LogP contribution >= 0.6 is 0 Å². The minimum Gasteiger partial charge on any atom is -0.326 e. The number of rotatable bonds is 5. The van der Waals surface area contributed by atoms with Gasteiger partial charge in [-0.25, -0.2) is 4.98 Å². The van der Waals surface area contributed by atoms with Gasteiger partial charge in [-0.1, -0.05) is 19.1 Å². The average molecular weight is 272 g/mol. The molecule has 6 heteroatoms. The number of benzene rings is 1. The molecule has 19 heavy (non-hydrogen) atoms. The van der Waals surface area contributed by atoms with Crippen molar-refractivity contribution in [3.05, 3.63) is 30.1 Å². The Kier molecular flexibility index (Phi) is 4.09. The largest absolute Gasteiger partial charge is 0.522 e. The molecule has 0 amide bonds. The number of aromatic nitrogens is 2. The molecule has 0 saturated carbocycles.